The maximum absolute atomic E-state index is 12.1. The summed E-state index contributed by atoms with van der Waals surface area (Å²) < 4.78 is 1.75. The van der Waals surface area contributed by atoms with Crippen LogP contribution in [0.3, 0.4) is 0 Å². The summed E-state index contributed by atoms with van der Waals surface area (Å²) in [7, 11) is 0. The van der Waals surface area contributed by atoms with Crippen molar-refractivity contribution in [2.75, 3.05) is 5.32 Å². The second-order valence-electron chi connectivity index (χ2n) is 6.00. The summed E-state index contributed by atoms with van der Waals surface area (Å²) in [4.78, 5) is 20.5. The van der Waals surface area contributed by atoms with E-state index in [4.69, 9.17) is 0 Å². The lowest BCUT2D eigenvalue weighted by Crippen LogP contribution is -2.16. The minimum atomic E-state index is 0.0323. The molecule has 2 aromatic rings. The van der Waals surface area contributed by atoms with Gasteiger partial charge in [-0.2, -0.15) is 5.10 Å². The van der Waals surface area contributed by atoms with Gasteiger partial charge in [0.05, 0.1) is 5.69 Å². The van der Waals surface area contributed by atoms with Gasteiger partial charge in [-0.05, 0) is 38.7 Å². The zero-order valence-corrected chi connectivity index (χ0v) is 13.0. The Bertz CT molecular complexity index is 673. The van der Waals surface area contributed by atoms with E-state index in [1.807, 2.05) is 19.9 Å². The molecule has 0 saturated heterocycles. The highest BCUT2D eigenvalue weighted by Gasteiger charge is 2.18. The smallest absolute Gasteiger partial charge is 0.225 e. The van der Waals surface area contributed by atoms with Crippen molar-refractivity contribution in [3.63, 3.8) is 0 Å². The van der Waals surface area contributed by atoms with Gasteiger partial charge >= 0.3 is 0 Å². The first-order valence-electron chi connectivity index (χ1n) is 7.77. The van der Waals surface area contributed by atoms with E-state index in [9.17, 15) is 4.79 Å². The molecule has 0 spiro atoms. The number of hydrogen-bond acceptors (Lipinski definition) is 4. The first kappa shape index (κ1) is 14.7. The fourth-order valence-corrected chi connectivity index (χ4v) is 3.06. The van der Waals surface area contributed by atoms with Gasteiger partial charge < -0.3 is 5.32 Å². The van der Waals surface area contributed by atoms with Gasteiger partial charge in [-0.1, -0.05) is 12.8 Å². The lowest BCUT2D eigenvalue weighted by atomic mass is 10.0. The third kappa shape index (κ3) is 3.32. The van der Waals surface area contributed by atoms with Crippen LogP contribution < -0.4 is 5.32 Å². The van der Waals surface area contributed by atoms with Crippen LogP contribution in [-0.4, -0.2) is 25.7 Å². The Balaban J connectivity index is 1.71. The van der Waals surface area contributed by atoms with Crippen LogP contribution in [0.4, 0.5) is 5.82 Å². The molecule has 3 rings (SSSR count). The quantitative estimate of drug-likeness (QED) is 0.942. The molecule has 1 aliphatic rings. The number of nitrogens with one attached hydrogen (secondary N) is 1. The van der Waals surface area contributed by atoms with Gasteiger partial charge in [0.2, 0.25) is 5.91 Å². The monoisotopic (exact) mass is 299 g/mol. The summed E-state index contributed by atoms with van der Waals surface area (Å²) in [6, 6.07) is 3.74. The van der Waals surface area contributed by atoms with Crippen molar-refractivity contribution in [1.82, 2.24) is 19.7 Å². The number of aromatic nitrogens is 4. The van der Waals surface area contributed by atoms with E-state index in [0.717, 1.165) is 24.2 Å². The van der Waals surface area contributed by atoms with Crippen LogP contribution in [0.1, 0.15) is 43.5 Å². The Kier molecular flexibility index (Phi) is 4.18. The first-order chi connectivity index (χ1) is 10.6. The molecule has 1 amide bonds. The number of carbonyl (C=O) groups excluding carboxylic acids is 1. The van der Waals surface area contributed by atoms with Gasteiger partial charge in [0.25, 0.3) is 0 Å². The molecule has 22 heavy (non-hydrogen) atoms. The van der Waals surface area contributed by atoms with E-state index in [1.54, 1.807) is 10.7 Å². The highest BCUT2D eigenvalue weighted by molar-refractivity contribution is 5.90. The third-order valence-electron chi connectivity index (χ3n) is 4.10. The van der Waals surface area contributed by atoms with Gasteiger partial charge in [-0.3, -0.25) is 4.79 Å². The molecule has 0 unspecified atom stereocenters. The van der Waals surface area contributed by atoms with Crippen LogP contribution in [0.2, 0.25) is 0 Å². The van der Waals surface area contributed by atoms with Crippen molar-refractivity contribution in [2.45, 2.75) is 46.0 Å². The van der Waals surface area contributed by atoms with Crippen molar-refractivity contribution in [1.29, 1.82) is 0 Å². The van der Waals surface area contributed by atoms with Gasteiger partial charge in [-0.25, -0.2) is 14.6 Å². The number of hydrogen-bond donors (Lipinski definition) is 1. The molecule has 6 nitrogen and oxygen atoms in total. The van der Waals surface area contributed by atoms with Crippen LogP contribution in [0.5, 0.6) is 0 Å². The number of rotatable bonds is 4. The number of amides is 1. The molecular formula is C16H21N5O. The van der Waals surface area contributed by atoms with E-state index in [1.165, 1.54) is 19.2 Å². The van der Waals surface area contributed by atoms with Gasteiger partial charge in [0.15, 0.2) is 5.82 Å². The topological polar surface area (TPSA) is 72.7 Å². The summed E-state index contributed by atoms with van der Waals surface area (Å²) in [5.74, 6) is 1.75. The maximum atomic E-state index is 12.1. The summed E-state index contributed by atoms with van der Waals surface area (Å²) in [5, 5.41) is 7.27. The van der Waals surface area contributed by atoms with E-state index >= 15 is 0 Å². The Hall–Kier alpha value is -2.24. The van der Waals surface area contributed by atoms with Crippen molar-refractivity contribution >= 4 is 11.7 Å². The standard InChI is InChI=1S/C16H21N5O/c1-11-7-12(2)21(20-11)15-9-14(17-10-18-15)19-16(22)8-13-5-3-4-6-13/h7,9-10,13H,3-6,8H2,1-2H3,(H,17,18,19,22). The van der Waals surface area contributed by atoms with Crippen LogP contribution in [0.15, 0.2) is 18.5 Å². The van der Waals surface area contributed by atoms with Crippen molar-refractivity contribution < 1.29 is 4.79 Å². The molecule has 1 fully saturated rings. The zero-order chi connectivity index (χ0) is 15.5. The van der Waals surface area contributed by atoms with Crippen molar-refractivity contribution in [3.8, 4) is 5.82 Å². The number of aryl methyl sites for hydroxylation is 2. The Morgan fingerprint density at radius 2 is 2.05 bits per heavy atom. The molecule has 2 heterocycles. The number of nitrogens with zero attached hydrogens (tertiary/aromatic N) is 4. The van der Waals surface area contributed by atoms with E-state index in [0.29, 0.717) is 24.0 Å². The molecule has 1 saturated carbocycles. The SMILES string of the molecule is Cc1cc(C)n(-c2cc(NC(=O)CC3CCCC3)ncn2)n1. The minimum absolute atomic E-state index is 0.0323. The highest BCUT2D eigenvalue weighted by Crippen LogP contribution is 2.27. The van der Waals surface area contributed by atoms with Crippen LogP contribution >= 0.6 is 0 Å². The van der Waals surface area contributed by atoms with Gasteiger partial charge in [0.1, 0.15) is 12.1 Å². The fraction of sp³-hybridized carbons (Fsp3) is 0.500. The van der Waals surface area contributed by atoms with Crippen molar-refractivity contribution in [2.24, 2.45) is 5.92 Å². The Labute approximate surface area is 130 Å². The molecule has 0 aromatic carbocycles. The third-order valence-corrected chi connectivity index (χ3v) is 4.10. The second-order valence-corrected chi connectivity index (χ2v) is 6.00. The van der Waals surface area contributed by atoms with Gasteiger partial charge in [0, 0.05) is 18.2 Å². The molecule has 1 N–H and O–H groups in total. The number of anilines is 1. The predicted molar refractivity (Wildman–Crippen MR) is 83.8 cm³/mol. The van der Waals surface area contributed by atoms with Gasteiger partial charge in [-0.15, -0.1) is 0 Å². The molecular weight excluding hydrogens is 278 g/mol. The number of carbonyl (C=O) groups is 1. The first-order valence-corrected chi connectivity index (χ1v) is 7.77. The lowest BCUT2D eigenvalue weighted by molar-refractivity contribution is -0.117. The summed E-state index contributed by atoms with van der Waals surface area (Å²) in [6.45, 7) is 3.91. The van der Waals surface area contributed by atoms with Crippen LogP contribution in [0, 0.1) is 19.8 Å². The lowest BCUT2D eigenvalue weighted by Gasteiger charge is -2.10. The molecule has 2 aromatic heterocycles. The summed E-state index contributed by atoms with van der Waals surface area (Å²) >= 11 is 0. The van der Waals surface area contributed by atoms with Crippen LogP contribution in [-0.2, 0) is 4.79 Å². The molecule has 0 bridgehead atoms. The molecule has 1 aliphatic carbocycles. The molecule has 0 radical (unpaired) electrons. The fourth-order valence-electron chi connectivity index (χ4n) is 3.06. The molecule has 116 valence electrons. The molecule has 6 heteroatoms. The predicted octanol–water partition coefficient (Wildman–Crippen LogP) is 2.80. The van der Waals surface area contributed by atoms with Crippen molar-refractivity contribution in [3.05, 3.63) is 29.8 Å². The minimum Gasteiger partial charge on any atom is -0.311 e. The Morgan fingerprint density at radius 3 is 2.73 bits per heavy atom. The maximum Gasteiger partial charge on any atom is 0.225 e. The largest absolute Gasteiger partial charge is 0.311 e. The average Bonchev–Trinajstić information content (AvgIpc) is 3.08. The normalized spacial score (nSPS) is 15.2. The molecule has 0 atom stereocenters. The van der Waals surface area contributed by atoms with E-state index < -0.39 is 0 Å². The summed E-state index contributed by atoms with van der Waals surface area (Å²) in [6.07, 6.45) is 6.85. The second kappa shape index (κ2) is 6.25. The average molecular weight is 299 g/mol. The Morgan fingerprint density at radius 1 is 1.27 bits per heavy atom. The van der Waals surface area contributed by atoms with Crippen LogP contribution in [0.25, 0.3) is 5.82 Å². The molecule has 0 aliphatic heterocycles. The zero-order valence-electron chi connectivity index (χ0n) is 13.0. The summed E-state index contributed by atoms with van der Waals surface area (Å²) in [5.41, 5.74) is 1.93. The van der Waals surface area contributed by atoms with E-state index in [2.05, 4.69) is 20.4 Å². The van der Waals surface area contributed by atoms with E-state index in [-0.39, 0.29) is 5.91 Å². The highest BCUT2D eigenvalue weighted by atomic mass is 16.1.